The number of carbonyl (C=O) groups is 3. The van der Waals surface area contributed by atoms with E-state index in [-0.39, 0.29) is 12.5 Å². The zero-order valence-electron chi connectivity index (χ0n) is 20.8. The van der Waals surface area contributed by atoms with E-state index >= 15 is 0 Å². The minimum atomic E-state index is -4.82. The topological polar surface area (TPSA) is 114 Å². The van der Waals surface area contributed by atoms with Gasteiger partial charge in [0, 0.05) is 39.9 Å². The van der Waals surface area contributed by atoms with Gasteiger partial charge in [-0.25, -0.2) is 4.98 Å². The van der Waals surface area contributed by atoms with E-state index in [2.05, 4.69) is 25.2 Å². The number of aryl methyl sites for hydroxylation is 1. The number of halogens is 3. The van der Waals surface area contributed by atoms with E-state index in [9.17, 15) is 27.6 Å². The Bertz CT molecular complexity index is 1540. The molecule has 2 amide bonds. The fourth-order valence-electron chi connectivity index (χ4n) is 4.41. The van der Waals surface area contributed by atoms with Crippen molar-refractivity contribution >= 4 is 45.6 Å². The van der Waals surface area contributed by atoms with Gasteiger partial charge in [-0.05, 0) is 66.5 Å². The largest absolute Gasteiger partial charge is 0.449 e. The Labute approximate surface area is 234 Å². The molecule has 2 aromatic heterocycles. The van der Waals surface area contributed by atoms with Gasteiger partial charge in [-0.15, -0.1) is 16.4 Å². The lowest BCUT2D eigenvalue weighted by molar-refractivity contribution is -0.172. The summed E-state index contributed by atoms with van der Waals surface area (Å²) in [6, 6.07) is 13.8. The molecular formula is C27H22F3N5O3S2. The maximum Gasteiger partial charge on any atom is 0.449 e. The molecule has 1 aliphatic rings. The molecule has 0 bridgehead atoms. The lowest BCUT2D eigenvalue weighted by Crippen LogP contribution is -2.27. The summed E-state index contributed by atoms with van der Waals surface area (Å²) >= 11 is 2.46. The zero-order valence-corrected chi connectivity index (χ0v) is 22.5. The second kappa shape index (κ2) is 11.6. The van der Waals surface area contributed by atoms with Gasteiger partial charge in [-0.2, -0.15) is 13.2 Å². The first-order chi connectivity index (χ1) is 19.2. The molecule has 0 saturated heterocycles. The van der Waals surface area contributed by atoms with Gasteiger partial charge < -0.3 is 5.32 Å². The fourth-order valence-corrected chi connectivity index (χ4v) is 5.99. The number of rotatable bonds is 8. The molecule has 0 fully saturated rings. The van der Waals surface area contributed by atoms with Crippen molar-refractivity contribution in [3.05, 3.63) is 81.2 Å². The first-order valence-corrected chi connectivity index (χ1v) is 14.0. The predicted octanol–water partition coefficient (Wildman–Crippen LogP) is 5.47. The van der Waals surface area contributed by atoms with Crippen LogP contribution in [0.25, 0.3) is 11.3 Å². The normalized spacial score (nSPS) is 14.8. The molecule has 4 aromatic rings. The number of ketones is 1. The van der Waals surface area contributed by atoms with Crippen LogP contribution >= 0.6 is 22.9 Å². The Hall–Kier alpha value is -3.97. The maximum absolute atomic E-state index is 12.9. The minimum Gasteiger partial charge on any atom is -0.348 e. The number of carbonyl (C=O) groups excluding carboxylic acids is 3. The van der Waals surface area contributed by atoms with Gasteiger partial charge in [0.05, 0.1) is 5.69 Å². The van der Waals surface area contributed by atoms with Gasteiger partial charge in [0.15, 0.2) is 5.13 Å². The highest BCUT2D eigenvalue weighted by Gasteiger charge is 2.40. The van der Waals surface area contributed by atoms with Crippen molar-refractivity contribution in [2.75, 3.05) is 5.32 Å². The molecule has 1 aliphatic carbocycles. The van der Waals surface area contributed by atoms with Gasteiger partial charge in [-0.1, -0.05) is 28.8 Å². The Morgan fingerprint density at radius 3 is 2.55 bits per heavy atom. The van der Waals surface area contributed by atoms with E-state index < -0.39 is 30.2 Å². The number of hydrogen-bond acceptors (Lipinski definition) is 8. The number of amides is 2. The molecule has 2 aromatic carbocycles. The van der Waals surface area contributed by atoms with Crippen LogP contribution in [0.1, 0.15) is 49.7 Å². The molecule has 206 valence electrons. The van der Waals surface area contributed by atoms with Crippen LogP contribution in [0.2, 0.25) is 0 Å². The van der Waals surface area contributed by atoms with Crippen LogP contribution in [0.5, 0.6) is 0 Å². The molecular weight excluding hydrogens is 563 g/mol. The van der Waals surface area contributed by atoms with Crippen molar-refractivity contribution < 1.29 is 27.6 Å². The molecule has 1 atom stereocenters. The molecule has 0 aliphatic heterocycles. The van der Waals surface area contributed by atoms with Crippen molar-refractivity contribution in [2.24, 2.45) is 5.92 Å². The number of nitrogens with one attached hydrogen (secondary N) is 2. The van der Waals surface area contributed by atoms with E-state index in [1.54, 1.807) is 48.5 Å². The van der Waals surface area contributed by atoms with Crippen molar-refractivity contribution in [1.82, 2.24) is 19.9 Å². The predicted molar refractivity (Wildman–Crippen MR) is 144 cm³/mol. The first kappa shape index (κ1) is 27.6. The highest BCUT2D eigenvalue weighted by Crippen LogP contribution is 2.35. The third kappa shape index (κ3) is 6.59. The Kier molecular flexibility index (Phi) is 8.03. The Morgan fingerprint density at radius 2 is 1.82 bits per heavy atom. The van der Waals surface area contributed by atoms with Gasteiger partial charge in [-0.3, -0.25) is 19.7 Å². The summed E-state index contributed by atoms with van der Waals surface area (Å²) in [5.41, 5.74) is 3.92. The third-order valence-corrected chi connectivity index (χ3v) is 8.04. The molecule has 5 rings (SSSR count). The molecule has 2 N–H and O–H groups in total. The summed E-state index contributed by atoms with van der Waals surface area (Å²) in [7, 11) is 0. The van der Waals surface area contributed by atoms with Crippen molar-refractivity contribution in [3.8, 4) is 11.3 Å². The lowest BCUT2D eigenvalue weighted by atomic mass is 9.87. The van der Waals surface area contributed by atoms with E-state index in [0.29, 0.717) is 35.5 Å². The second-order valence-corrected chi connectivity index (χ2v) is 11.0. The van der Waals surface area contributed by atoms with Crippen LogP contribution in [0, 0.1) is 5.92 Å². The summed E-state index contributed by atoms with van der Waals surface area (Å²) in [4.78, 5) is 42.1. The molecule has 0 saturated carbocycles. The number of benzene rings is 2. The zero-order chi connectivity index (χ0) is 28.3. The Morgan fingerprint density at radius 1 is 1.02 bits per heavy atom. The average Bonchev–Trinajstić information content (AvgIpc) is 3.61. The summed E-state index contributed by atoms with van der Waals surface area (Å²) in [5, 5.41) is 11.8. The van der Waals surface area contributed by atoms with Crippen molar-refractivity contribution in [2.45, 2.75) is 38.4 Å². The van der Waals surface area contributed by atoms with Gasteiger partial charge in [0.1, 0.15) is 5.69 Å². The molecule has 8 nitrogen and oxygen atoms in total. The van der Waals surface area contributed by atoms with E-state index in [1.165, 1.54) is 22.9 Å². The number of fused-ring (bicyclic) bond motifs is 1. The lowest BCUT2D eigenvalue weighted by Gasteiger charge is -2.20. The number of Topliss-reactive ketones (excluding diaryl/α,β-unsaturated/α-hetero) is 1. The number of aromatic nitrogens is 3. The SMILES string of the molecule is O=C(NCc1cccc(C(=O)Nc2nc3c(s2)C[C@@H](CC(=O)C(F)(F)F)CC3)c1)c1ccc(-c2csnn2)cc1. The summed E-state index contributed by atoms with van der Waals surface area (Å²) < 4.78 is 41.7. The highest BCUT2D eigenvalue weighted by molar-refractivity contribution is 7.15. The maximum atomic E-state index is 12.9. The number of nitrogens with zero attached hydrogens (tertiary/aromatic N) is 3. The van der Waals surface area contributed by atoms with Crippen LogP contribution in [0.3, 0.4) is 0 Å². The smallest absolute Gasteiger partial charge is 0.348 e. The number of alkyl halides is 3. The van der Waals surface area contributed by atoms with Crippen molar-refractivity contribution in [1.29, 1.82) is 0 Å². The summed E-state index contributed by atoms with van der Waals surface area (Å²) in [6.45, 7) is 0.210. The van der Waals surface area contributed by atoms with Crippen LogP contribution in [0.15, 0.2) is 53.9 Å². The number of anilines is 1. The molecule has 40 heavy (non-hydrogen) atoms. The first-order valence-electron chi connectivity index (χ1n) is 12.3. The van der Waals surface area contributed by atoms with Crippen molar-refractivity contribution in [3.63, 3.8) is 0 Å². The monoisotopic (exact) mass is 585 g/mol. The second-order valence-electron chi connectivity index (χ2n) is 9.33. The van der Waals surface area contributed by atoms with Gasteiger partial charge in [0.25, 0.3) is 11.8 Å². The van der Waals surface area contributed by atoms with Gasteiger partial charge >= 0.3 is 6.18 Å². The summed E-state index contributed by atoms with van der Waals surface area (Å²) in [6.07, 6.45) is -4.15. The van der Waals surface area contributed by atoms with E-state index in [1.807, 2.05) is 5.38 Å². The van der Waals surface area contributed by atoms with Gasteiger partial charge in [0.2, 0.25) is 5.78 Å². The number of hydrogen-bond donors (Lipinski definition) is 2. The average molecular weight is 586 g/mol. The summed E-state index contributed by atoms with van der Waals surface area (Å²) in [5.74, 6) is -2.76. The van der Waals surface area contributed by atoms with Crippen LogP contribution in [-0.2, 0) is 24.2 Å². The third-order valence-electron chi connectivity index (χ3n) is 6.50. The van der Waals surface area contributed by atoms with Crippen LogP contribution in [-0.4, -0.2) is 38.3 Å². The molecule has 0 unspecified atom stereocenters. The molecule has 2 heterocycles. The molecule has 0 radical (unpaired) electrons. The van der Waals surface area contributed by atoms with Crippen LogP contribution < -0.4 is 10.6 Å². The molecule has 13 heteroatoms. The van der Waals surface area contributed by atoms with Crippen LogP contribution in [0.4, 0.5) is 18.3 Å². The molecule has 0 spiro atoms. The van der Waals surface area contributed by atoms with E-state index in [4.69, 9.17) is 0 Å². The fraction of sp³-hybridized carbons (Fsp3) is 0.259. The van der Waals surface area contributed by atoms with E-state index in [0.717, 1.165) is 27.4 Å². The minimum absolute atomic E-state index is 0.210. The number of thiazole rings is 1. The quantitative estimate of drug-likeness (QED) is 0.284. The standard InChI is InChI=1S/C27H22F3N5O3S2/c28-27(29,30)23(36)12-15-4-9-20-22(11-15)40-26(32-20)33-25(38)19-3-1-2-16(10-19)13-31-24(37)18-7-5-17(6-8-18)21-14-39-35-34-21/h1-3,5-8,10,14-15H,4,9,11-13H2,(H,31,37)(H,32,33,38)/t15-/m0/s1. The highest BCUT2D eigenvalue weighted by atomic mass is 32.1. The Balaban J connectivity index is 1.16.